The van der Waals surface area contributed by atoms with Gasteiger partial charge in [0.25, 0.3) is 0 Å². The van der Waals surface area contributed by atoms with E-state index in [-0.39, 0.29) is 5.78 Å². The minimum absolute atomic E-state index is 0.0607. The van der Waals surface area contributed by atoms with E-state index < -0.39 is 0 Å². The fraction of sp³-hybridized carbons (Fsp3) is 0.517. The van der Waals surface area contributed by atoms with Crippen LogP contribution in [0.15, 0.2) is 34.9 Å². The summed E-state index contributed by atoms with van der Waals surface area (Å²) in [5, 5.41) is 9.10. The minimum Gasteiger partial charge on any atom is -0.383 e. The highest BCUT2D eigenvalue weighted by molar-refractivity contribution is 6.28. The average molecular weight is 473 g/mol. The molecule has 3 heterocycles. The number of rotatable bonds is 5. The van der Waals surface area contributed by atoms with Crippen molar-refractivity contribution < 1.29 is 9.32 Å². The molecule has 3 aliphatic rings. The van der Waals surface area contributed by atoms with Gasteiger partial charge in [-0.15, -0.1) is 0 Å². The number of hydrogen-bond donors (Lipinski definition) is 1. The molecule has 0 bridgehead atoms. The van der Waals surface area contributed by atoms with E-state index >= 15 is 0 Å². The van der Waals surface area contributed by atoms with Crippen molar-refractivity contribution in [2.45, 2.75) is 46.0 Å². The molecule has 3 aromatic rings. The lowest BCUT2D eigenvalue weighted by molar-refractivity contribution is 0.104. The summed E-state index contributed by atoms with van der Waals surface area (Å²) < 4.78 is 5.96. The van der Waals surface area contributed by atoms with Gasteiger partial charge in [-0.25, -0.2) is 0 Å². The molecule has 2 atom stereocenters. The zero-order valence-electron chi connectivity index (χ0n) is 21.0. The summed E-state index contributed by atoms with van der Waals surface area (Å²) in [6.45, 7) is 10.8. The van der Waals surface area contributed by atoms with Crippen molar-refractivity contribution in [2.75, 3.05) is 49.5 Å². The molecular weight excluding hydrogens is 436 g/mol. The number of benzene rings is 2. The molecule has 0 unspecified atom stereocenters. The molecule has 2 aliphatic heterocycles. The predicted octanol–water partition coefficient (Wildman–Crippen LogP) is 5.81. The topological polar surface area (TPSA) is 61.6 Å². The quantitative estimate of drug-likeness (QED) is 0.396. The molecule has 6 rings (SSSR count). The van der Waals surface area contributed by atoms with Gasteiger partial charge in [0.1, 0.15) is 5.52 Å². The third kappa shape index (κ3) is 4.12. The molecule has 2 aromatic carbocycles. The second kappa shape index (κ2) is 9.30. The van der Waals surface area contributed by atoms with E-state index in [1.165, 1.54) is 45.2 Å². The summed E-state index contributed by atoms with van der Waals surface area (Å²) in [6, 6.07) is 9.93. The van der Waals surface area contributed by atoms with Gasteiger partial charge in [-0.05, 0) is 50.3 Å². The zero-order valence-corrected chi connectivity index (χ0v) is 21.0. The molecule has 6 nitrogen and oxygen atoms in total. The van der Waals surface area contributed by atoms with Crippen LogP contribution in [0.25, 0.3) is 22.2 Å². The van der Waals surface area contributed by atoms with Crippen molar-refractivity contribution in [2.24, 2.45) is 11.8 Å². The fourth-order valence-corrected chi connectivity index (χ4v) is 6.49. The van der Waals surface area contributed by atoms with E-state index in [0.717, 1.165) is 59.8 Å². The summed E-state index contributed by atoms with van der Waals surface area (Å²) >= 11 is 0. The van der Waals surface area contributed by atoms with Crippen LogP contribution in [0, 0.1) is 11.8 Å². The Balaban J connectivity index is 1.41. The lowest BCUT2D eigenvalue weighted by Crippen LogP contribution is -2.39. The number of carbonyl (C=O) groups is 1. The number of piperidine rings is 1. The lowest BCUT2D eigenvalue weighted by atomic mass is 9.85. The van der Waals surface area contributed by atoms with E-state index in [0.29, 0.717) is 23.0 Å². The van der Waals surface area contributed by atoms with Gasteiger partial charge in [0, 0.05) is 43.0 Å². The molecule has 0 radical (unpaired) electrons. The van der Waals surface area contributed by atoms with Crippen LogP contribution in [0.4, 0.5) is 11.4 Å². The highest BCUT2D eigenvalue weighted by Gasteiger charge is 2.34. The van der Waals surface area contributed by atoms with E-state index in [9.17, 15) is 4.79 Å². The van der Waals surface area contributed by atoms with Gasteiger partial charge >= 0.3 is 0 Å². The number of fused-ring (bicyclic) bond motifs is 2. The third-order valence-corrected chi connectivity index (χ3v) is 8.03. The van der Waals surface area contributed by atoms with Crippen molar-refractivity contribution in [3.63, 3.8) is 0 Å². The normalized spacial score (nSPS) is 22.8. The Labute approximate surface area is 207 Å². The summed E-state index contributed by atoms with van der Waals surface area (Å²) in [6.07, 6.45) is 6.49. The number of aromatic nitrogens is 1. The lowest BCUT2D eigenvalue weighted by Gasteiger charge is -2.37. The first-order chi connectivity index (χ1) is 17.1. The van der Waals surface area contributed by atoms with Crippen molar-refractivity contribution in [1.29, 1.82) is 0 Å². The van der Waals surface area contributed by atoms with Gasteiger partial charge in [-0.1, -0.05) is 56.1 Å². The van der Waals surface area contributed by atoms with Crippen LogP contribution >= 0.6 is 0 Å². The molecule has 1 aromatic heterocycles. The Kier molecular flexibility index (Phi) is 6.01. The van der Waals surface area contributed by atoms with Crippen LogP contribution < -0.4 is 10.2 Å². The molecular formula is C29H36N4O2. The zero-order chi connectivity index (χ0) is 23.9. The van der Waals surface area contributed by atoms with Crippen LogP contribution in [-0.2, 0) is 0 Å². The van der Waals surface area contributed by atoms with Gasteiger partial charge < -0.3 is 19.6 Å². The van der Waals surface area contributed by atoms with Crippen molar-refractivity contribution in [3.05, 3.63) is 41.5 Å². The Morgan fingerprint density at radius 2 is 1.74 bits per heavy atom. The summed E-state index contributed by atoms with van der Waals surface area (Å²) in [5.41, 5.74) is 5.07. The molecule has 0 spiro atoms. The van der Waals surface area contributed by atoms with Gasteiger partial charge in [0.15, 0.2) is 11.5 Å². The Hall–Kier alpha value is -2.86. The molecule has 2 saturated heterocycles. The van der Waals surface area contributed by atoms with Crippen molar-refractivity contribution in [1.82, 2.24) is 10.1 Å². The number of hydrogen-bond acceptors (Lipinski definition) is 6. The van der Waals surface area contributed by atoms with Gasteiger partial charge in [-0.2, -0.15) is 0 Å². The Morgan fingerprint density at radius 3 is 2.49 bits per heavy atom. The summed E-state index contributed by atoms with van der Waals surface area (Å²) in [7, 11) is 0. The van der Waals surface area contributed by atoms with E-state index in [4.69, 9.17) is 4.52 Å². The second-order valence-electron chi connectivity index (χ2n) is 11.0. The molecule has 1 aliphatic carbocycles. The minimum atomic E-state index is 0.0607. The first kappa shape index (κ1) is 22.6. The molecule has 1 N–H and O–H groups in total. The number of nitrogens with one attached hydrogen (secondary N) is 1. The second-order valence-corrected chi connectivity index (χ2v) is 11.0. The smallest absolute Gasteiger partial charge is 0.196 e. The number of anilines is 2. The number of carbonyl (C=O) groups excluding carboxylic acids is 1. The molecule has 2 fully saturated rings. The van der Waals surface area contributed by atoms with Gasteiger partial charge in [-0.3, -0.25) is 4.79 Å². The van der Waals surface area contributed by atoms with Crippen molar-refractivity contribution >= 4 is 28.1 Å². The Morgan fingerprint density at radius 1 is 1.03 bits per heavy atom. The molecule has 0 amide bonds. The van der Waals surface area contributed by atoms with E-state index in [1.54, 1.807) is 0 Å². The van der Waals surface area contributed by atoms with Gasteiger partial charge in [0.05, 0.1) is 16.6 Å². The van der Waals surface area contributed by atoms with Crippen LogP contribution in [0.3, 0.4) is 0 Å². The SMILES string of the molecule is C[C@@H]1C[C@@H](C)CN(c2cc(NCCN3CCCCCC3)c3c4c(onc24)-c2ccccc2C3=O)C1. The highest BCUT2D eigenvalue weighted by atomic mass is 16.5. The molecule has 35 heavy (non-hydrogen) atoms. The maximum Gasteiger partial charge on any atom is 0.196 e. The van der Waals surface area contributed by atoms with E-state index in [2.05, 4.69) is 40.2 Å². The standard InChI is InChI=1S/C29H36N4O2/c1-19-15-20(2)18-33(17-19)24-16-23(30-11-14-32-12-7-3-4-8-13-32)25-26-27(24)31-35-29(26)22-10-6-5-9-21(22)28(25)34/h5-6,9-10,16,19-20,30H,3-4,7-8,11-15,17-18H2,1-2H3/t19-,20-/m1/s1. The Bertz CT molecular complexity index is 1230. The van der Waals surface area contributed by atoms with Crippen LogP contribution in [-0.4, -0.2) is 55.1 Å². The predicted molar refractivity (Wildman–Crippen MR) is 141 cm³/mol. The number of likely N-dealkylation sites (tertiary alicyclic amines) is 1. The van der Waals surface area contributed by atoms with Crippen LogP contribution in [0.5, 0.6) is 0 Å². The van der Waals surface area contributed by atoms with Crippen LogP contribution in [0.1, 0.15) is 61.9 Å². The molecule has 0 saturated carbocycles. The molecule has 184 valence electrons. The fourth-order valence-electron chi connectivity index (χ4n) is 6.49. The van der Waals surface area contributed by atoms with Crippen molar-refractivity contribution in [3.8, 4) is 11.3 Å². The van der Waals surface area contributed by atoms with Gasteiger partial charge in [0.2, 0.25) is 0 Å². The maximum atomic E-state index is 13.8. The largest absolute Gasteiger partial charge is 0.383 e. The van der Waals surface area contributed by atoms with Crippen LogP contribution in [0.2, 0.25) is 0 Å². The monoisotopic (exact) mass is 472 g/mol. The summed E-state index contributed by atoms with van der Waals surface area (Å²) in [4.78, 5) is 18.8. The third-order valence-electron chi connectivity index (χ3n) is 8.03. The maximum absolute atomic E-state index is 13.8. The number of ketones is 1. The number of nitrogens with zero attached hydrogens (tertiary/aromatic N) is 3. The highest BCUT2D eigenvalue weighted by Crippen LogP contribution is 2.46. The summed E-state index contributed by atoms with van der Waals surface area (Å²) in [5.74, 6) is 2.02. The first-order valence-electron chi connectivity index (χ1n) is 13.4. The van der Waals surface area contributed by atoms with E-state index in [1.807, 2.05) is 24.3 Å². The first-order valence-corrected chi connectivity index (χ1v) is 13.4. The molecule has 6 heteroatoms. The average Bonchev–Trinajstić information content (AvgIpc) is 3.12.